The van der Waals surface area contributed by atoms with Crippen molar-refractivity contribution in [2.45, 2.75) is 0 Å². The number of rotatable bonds is 4. The van der Waals surface area contributed by atoms with E-state index in [-0.39, 0.29) is 0 Å². The highest BCUT2D eigenvalue weighted by molar-refractivity contribution is 6.13. The van der Waals surface area contributed by atoms with Gasteiger partial charge in [0, 0.05) is 16.8 Å². The van der Waals surface area contributed by atoms with Crippen LogP contribution in [0.2, 0.25) is 0 Å². The summed E-state index contributed by atoms with van der Waals surface area (Å²) >= 11 is 0. The zero-order valence-electron chi connectivity index (χ0n) is 23.9. The molecule has 0 aliphatic heterocycles. The van der Waals surface area contributed by atoms with Gasteiger partial charge in [-0.15, -0.1) is 0 Å². The fourth-order valence-corrected chi connectivity index (χ4v) is 6.61. The molecule has 206 valence electrons. The Balaban J connectivity index is 1.23. The van der Waals surface area contributed by atoms with E-state index in [1.807, 2.05) is 12.1 Å². The third kappa shape index (κ3) is 4.04. The van der Waals surface area contributed by atoms with Crippen LogP contribution in [-0.4, -0.2) is 0 Å². The molecule has 0 radical (unpaired) electrons. The van der Waals surface area contributed by atoms with Gasteiger partial charge in [0.1, 0.15) is 11.2 Å². The number of nitrogens with zero attached hydrogens (tertiary/aromatic N) is 1. The lowest BCUT2D eigenvalue weighted by atomic mass is 9.98. The molecule has 9 aromatic rings. The van der Waals surface area contributed by atoms with E-state index in [1.165, 1.54) is 43.4 Å². The lowest BCUT2D eigenvalue weighted by Crippen LogP contribution is -2.10. The van der Waals surface area contributed by atoms with Gasteiger partial charge in [0.15, 0.2) is 0 Å². The molecule has 0 saturated heterocycles. The molecule has 2 heteroatoms. The van der Waals surface area contributed by atoms with Gasteiger partial charge in [-0.05, 0) is 98.0 Å². The molecule has 44 heavy (non-hydrogen) atoms. The highest BCUT2D eigenvalue weighted by Crippen LogP contribution is 2.44. The van der Waals surface area contributed by atoms with Gasteiger partial charge in [-0.25, -0.2) is 0 Å². The van der Waals surface area contributed by atoms with Crippen LogP contribution < -0.4 is 4.90 Å². The largest absolute Gasteiger partial charge is 0.456 e. The molecule has 0 amide bonds. The fraction of sp³-hybridized carbons (Fsp3) is 0. The van der Waals surface area contributed by atoms with Crippen molar-refractivity contribution < 1.29 is 4.42 Å². The third-order valence-electron chi connectivity index (χ3n) is 8.78. The summed E-state index contributed by atoms with van der Waals surface area (Å²) in [6, 6.07) is 58.7. The van der Waals surface area contributed by atoms with Crippen molar-refractivity contribution in [2.24, 2.45) is 0 Å². The molecule has 0 unspecified atom stereocenters. The second-order valence-corrected chi connectivity index (χ2v) is 11.4. The van der Waals surface area contributed by atoms with Crippen molar-refractivity contribution in [1.82, 2.24) is 0 Å². The van der Waals surface area contributed by atoms with Gasteiger partial charge in [0.05, 0.1) is 11.1 Å². The van der Waals surface area contributed by atoms with Gasteiger partial charge in [-0.1, -0.05) is 109 Å². The molecule has 0 spiro atoms. The lowest BCUT2D eigenvalue weighted by Gasteiger charge is -2.27. The number of hydrogen-bond donors (Lipinski definition) is 0. The van der Waals surface area contributed by atoms with Crippen LogP contribution in [0.1, 0.15) is 0 Å². The minimum Gasteiger partial charge on any atom is -0.456 e. The van der Waals surface area contributed by atoms with Crippen LogP contribution in [0.25, 0.3) is 65.4 Å². The van der Waals surface area contributed by atoms with Crippen LogP contribution in [0, 0.1) is 0 Å². The molecule has 1 heterocycles. The Morgan fingerprint density at radius 2 is 0.864 bits per heavy atom. The zero-order valence-corrected chi connectivity index (χ0v) is 23.9. The van der Waals surface area contributed by atoms with Crippen molar-refractivity contribution in [3.05, 3.63) is 164 Å². The second-order valence-electron chi connectivity index (χ2n) is 11.4. The van der Waals surface area contributed by atoms with Gasteiger partial charge in [0.25, 0.3) is 0 Å². The van der Waals surface area contributed by atoms with E-state index in [0.29, 0.717) is 0 Å². The quantitative estimate of drug-likeness (QED) is 0.212. The summed E-state index contributed by atoms with van der Waals surface area (Å²) in [4.78, 5) is 2.37. The molecule has 9 rings (SSSR count). The van der Waals surface area contributed by atoms with E-state index in [4.69, 9.17) is 4.42 Å². The average Bonchev–Trinajstić information content (AvgIpc) is 3.47. The molecule has 0 aliphatic carbocycles. The summed E-state index contributed by atoms with van der Waals surface area (Å²) in [5, 5.41) is 9.59. The van der Waals surface area contributed by atoms with Crippen LogP contribution in [0.5, 0.6) is 0 Å². The van der Waals surface area contributed by atoms with Gasteiger partial charge in [-0.3, -0.25) is 0 Å². The number of anilines is 3. The molecule has 1 aromatic heterocycles. The summed E-state index contributed by atoms with van der Waals surface area (Å²) < 4.78 is 6.31. The predicted molar refractivity (Wildman–Crippen MR) is 186 cm³/mol. The molecular weight excluding hydrogens is 534 g/mol. The van der Waals surface area contributed by atoms with Crippen molar-refractivity contribution in [3.63, 3.8) is 0 Å². The smallest absolute Gasteiger partial charge is 0.137 e. The highest BCUT2D eigenvalue weighted by atomic mass is 16.3. The number of hydrogen-bond acceptors (Lipinski definition) is 2. The standard InChI is InChI=1S/C42H27NO/c1-3-10-30-24-32(17-16-28(30)8-1)33-18-19-35-27-37(23-21-34(35)25-33)43(36-22-20-29-9-2-4-11-31(29)26-36)39-13-7-15-41-42(39)38-12-5-6-14-40(38)44-41/h1-27H. The van der Waals surface area contributed by atoms with Crippen LogP contribution in [0.15, 0.2) is 168 Å². The van der Waals surface area contributed by atoms with Crippen molar-refractivity contribution in [2.75, 3.05) is 4.90 Å². The Hall–Kier alpha value is -5.86. The number of benzene rings is 8. The Morgan fingerprint density at radius 1 is 0.364 bits per heavy atom. The van der Waals surface area contributed by atoms with Crippen molar-refractivity contribution >= 4 is 71.3 Å². The monoisotopic (exact) mass is 561 g/mol. The summed E-state index contributed by atoms with van der Waals surface area (Å²) in [7, 11) is 0. The van der Waals surface area contributed by atoms with Gasteiger partial charge >= 0.3 is 0 Å². The van der Waals surface area contributed by atoms with Crippen molar-refractivity contribution in [3.8, 4) is 11.1 Å². The fourth-order valence-electron chi connectivity index (χ4n) is 6.61. The van der Waals surface area contributed by atoms with Crippen molar-refractivity contribution in [1.29, 1.82) is 0 Å². The van der Waals surface area contributed by atoms with Crippen LogP contribution in [0.4, 0.5) is 17.1 Å². The second kappa shape index (κ2) is 9.86. The molecule has 0 atom stereocenters. The third-order valence-corrected chi connectivity index (χ3v) is 8.78. The first kappa shape index (κ1) is 24.7. The zero-order chi connectivity index (χ0) is 29.0. The number of furan rings is 1. The van der Waals surface area contributed by atoms with E-state index in [2.05, 4.69) is 157 Å². The summed E-state index contributed by atoms with van der Waals surface area (Å²) in [5.41, 5.74) is 7.53. The first-order valence-electron chi connectivity index (χ1n) is 15.0. The van der Waals surface area contributed by atoms with Crippen LogP contribution in [-0.2, 0) is 0 Å². The SMILES string of the molecule is c1ccc2cc(-c3ccc4cc(N(c5ccc6ccccc6c5)c5cccc6oc7ccccc7c56)ccc4c3)ccc2c1. The van der Waals surface area contributed by atoms with E-state index >= 15 is 0 Å². The molecule has 0 fully saturated rings. The van der Waals surface area contributed by atoms with E-state index < -0.39 is 0 Å². The molecule has 0 N–H and O–H groups in total. The maximum Gasteiger partial charge on any atom is 0.137 e. The average molecular weight is 562 g/mol. The molecule has 2 nitrogen and oxygen atoms in total. The number of fused-ring (bicyclic) bond motifs is 6. The number of para-hydroxylation sites is 1. The molecule has 0 bridgehead atoms. The van der Waals surface area contributed by atoms with Gasteiger partial charge < -0.3 is 9.32 Å². The molecule has 0 saturated carbocycles. The molecule has 0 aliphatic rings. The minimum atomic E-state index is 0.885. The van der Waals surface area contributed by atoms with E-state index in [0.717, 1.165) is 39.0 Å². The Kier molecular flexibility index (Phi) is 5.54. The topological polar surface area (TPSA) is 16.4 Å². The highest BCUT2D eigenvalue weighted by Gasteiger charge is 2.20. The normalized spacial score (nSPS) is 11.6. The van der Waals surface area contributed by atoms with Gasteiger partial charge in [0.2, 0.25) is 0 Å². The molecule has 8 aromatic carbocycles. The predicted octanol–water partition coefficient (Wildman–Crippen LogP) is 12.2. The Bertz CT molecular complexity index is 2520. The minimum absolute atomic E-state index is 0.885. The Labute approximate surface area is 255 Å². The van der Waals surface area contributed by atoms with E-state index in [9.17, 15) is 0 Å². The lowest BCUT2D eigenvalue weighted by molar-refractivity contribution is 0.669. The summed E-state index contributed by atoms with van der Waals surface area (Å²) in [6.07, 6.45) is 0. The maximum atomic E-state index is 6.31. The van der Waals surface area contributed by atoms with Gasteiger partial charge in [-0.2, -0.15) is 0 Å². The summed E-state index contributed by atoms with van der Waals surface area (Å²) in [5.74, 6) is 0. The first-order chi connectivity index (χ1) is 21.8. The van der Waals surface area contributed by atoms with Crippen LogP contribution in [0.3, 0.4) is 0 Å². The first-order valence-corrected chi connectivity index (χ1v) is 15.0. The van der Waals surface area contributed by atoms with E-state index in [1.54, 1.807) is 0 Å². The maximum absolute atomic E-state index is 6.31. The molecular formula is C42H27NO. The Morgan fingerprint density at radius 3 is 1.59 bits per heavy atom. The summed E-state index contributed by atoms with van der Waals surface area (Å²) in [6.45, 7) is 0. The van der Waals surface area contributed by atoms with Crippen LogP contribution >= 0.6 is 0 Å².